The fourth-order valence-corrected chi connectivity index (χ4v) is 11.6. The van der Waals surface area contributed by atoms with Gasteiger partial charge in [0, 0.05) is 48.3 Å². The number of nitrogens with zero attached hydrogens (tertiary/aromatic N) is 7. The molecule has 8 amide bonds. The summed E-state index contributed by atoms with van der Waals surface area (Å²) in [5.41, 5.74) is -5.42. The molecule has 0 bridgehead atoms. The molecule has 0 saturated carbocycles. The number of hydrogen-bond acceptors (Lipinski definition) is 17. The number of carbonyl (C=O) groups is 11. The van der Waals surface area contributed by atoms with Crippen LogP contribution in [-0.4, -0.2) is 241 Å². The van der Waals surface area contributed by atoms with Crippen molar-refractivity contribution in [3.8, 4) is 0 Å². The Morgan fingerprint density at radius 3 is 1.64 bits per heavy atom. The van der Waals surface area contributed by atoms with Crippen LogP contribution in [0.25, 0.3) is 0 Å². The molecule has 89 heavy (non-hydrogen) atoms. The van der Waals surface area contributed by atoms with Gasteiger partial charge in [0.15, 0.2) is 35.8 Å². The van der Waals surface area contributed by atoms with E-state index < -0.39 is 119 Å². The van der Waals surface area contributed by atoms with E-state index in [1.807, 2.05) is 55.4 Å². The molecule has 12 atom stereocenters. The molecule has 25 nitrogen and oxygen atoms in total. The van der Waals surface area contributed by atoms with E-state index in [2.05, 4.69) is 26.6 Å². The molecule has 512 valence electrons. The van der Waals surface area contributed by atoms with E-state index >= 15 is 14.4 Å². The number of aliphatic hydroxyl groups is 1. The first-order chi connectivity index (χ1) is 41.3. The van der Waals surface area contributed by atoms with Gasteiger partial charge in [-0.05, 0) is 121 Å². The quantitative estimate of drug-likeness (QED) is 0.0377. The zero-order valence-electron chi connectivity index (χ0n) is 58.4. The summed E-state index contributed by atoms with van der Waals surface area (Å²) in [6.45, 7) is 30.0. The molecule has 0 aliphatic carbocycles. The lowest BCUT2D eigenvalue weighted by atomic mass is 9.90. The number of rotatable bonds is 40. The molecular weight excluding hydrogens is 1140 g/mol. The fourth-order valence-electron chi connectivity index (χ4n) is 11.6. The summed E-state index contributed by atoms with van der Waals surface area (Å²) in [6.07, 6.45) is 3.96. The van der Waals surface area contributed by atoms with Crippen LogP contribution in [-0.2, 0) is 52.8 Å². The standard InChI is InChI=1S/C64H118N12O13/c1-24-27-48(58(85)70(18)47(15)57(84)74(22)63(38-79,34-42(6)7)67-50(36-77)44(10)11)66-56(83)53(54(81)46(14)28-30-76-29-25-26-31-89-76)72(20)60(87)52(45(12)13)71(19)59(86)51(33-41(4)5)73(21)64(39-80,35-43(8)9)75(23)61(88)69-62(16,37-78)68-55(82)49(65-17)32-40(2)3/h36-54,65,67,81H,24-35H2,1-23H3,(H,66,83)(H,68,82)(H,69,88). The molecule has 12 unspecified atom stereocenters. The molecule has 0 radical (unpaired) electrons. The first-order valence-corrected chi connectivity index (χ1v) is 32.1. The summed E-state index contributed by atoms with van der Waals surface area (Å²) in [4.78, 5) is 168. The minimum atomic E-state index is -1.93. The number of aldehydes is 4. The molecule has 1 rings (SSSR count). The average Bonchev–Trinajstić information content (AvgIpc) is 1.15. The van der Waals surface area contributed by atoms with Gasteiger partial charge in [0.2, 0.25) is 35.4 Å². The highest BCUT2D eigenvalue weighted by molar-refractivity contribution is 5.97. The molecule has 0 aromatic carbocycles. The highest BCUT2D eigenvalue weighted by Gasteiger charge is 2.51. The number of hydroxylamine groups is 2. The average molecular weight is 1260 g/mol. The van der Waals surface area contributed by atoms with Crippen LogP contribution in [0.1, 0.15) is 169 Å². The number of amides is 8. The van der Waals surface area contributed by atoms with Crippen molar-refractivity contribution in [1.82, 2.24) is 61.0 Å². The second-order valence-electron chi connectivity index (χ2n) is 27.4. The Bertz CT molecular complexity index is 2320. The minimum absolute atomic E-state index is 0.00352. The van der Waals surface area contributed by atoms with Crippen LogP contribution >= 0.6 is 0 Å². The summed E-state index contributed by atoms with van der Waals surface area (Å²) in [6, 6.07) is -9.04. The monoisotopic (exact) mass is 1260 g/mol. The summed E-state index contributed by atoms with van der Waals surface area (Å²) in [5.74, 6) is -6.07. The van der Waals surface area contributed by atoms with Gasteiger partial charge in [0.1, 0.15) is 30.5 Å². The van der Waals surface area contributed by atoms with E-state index in [0.717, 1.165) is 22.6 Å². The van der Waals surface area contributed by atoms with E-state index in [1.165, 1.54) is 75.7 Å². The van der Waals surface area contributed by atoms with Gasteiger partial charge in [0.05, 0.1) is 30.8 Å². The van der Waals surface area contributed by atoms with Gasteiger partial charge >= 0.3 is 6.03 Å². The lowest BCUT2D eigenvalue weighted by Crippen LogP contribution is -2.71. The number of nitrogens with one attached hydrogen (secondary N) is 5. The van der Waals surface area contributed by atoms with Crippen LogP contribution < -0.4 is 26.6 Å². The van der Waals surface area contributed by atoms with Gasteiger partial charge < -0.3 is 55.7 Å². The van der Waals surface area contributed by atoms with Crippen molar-refractivity contribution < 1.29 is 62.7 Å². The van der Waals surface area contributed by atoms with Crippen LogP contribution in [0, 0.1) is 41.4 Å². The van der Waals surface area contributed by atoms with Crippen molar-refractivity contribution in [3.05, 3.63) is 0 Å². The number of likely N-dealkylation sites (N-methyl/N-ethyl adjacent to an activating group) is 7. The third-order valence-corrected chi connectivity index (χ3v) is 17.3. The predicted molar refractivity (Wildman–Crippen MR) is 343 cm³/mol. The molecule has 1 fully saturated rings. The Morgan fingerprint density at radius 2 is 1.19 bits per heavy atom. The smallest absolute Gasteiger partial charge is 0.321 e. The lowest BCUT2D eigenvalue weighted by molar-refractivity contribution is -0.183. The third kappa shape index (κ3) is 22.4. The fraction of sp³-hybridized carbons (Fsp3) is 0.828. The van der Waals surface area contributed by atoms with Crippen molar-refractivity contribution in [2.75, 3.05) is 69.0 Å². The molecule has 0 spiro atoms. The highest BCUT2D eigenvalue weighted by atomic mass is 16.7. The van der Waals surface area contributed by atoms with E-state index in [-0.39, 0.29) is 55.3 Å². The lowest BCUT2D eigenvalue weighted by Gasteiger charge is -2.49. The molecule has 0 aromatic rings. The summed E-state index contributed by atoms with van der Waals surface area (Å²) in [5, 5.41) is 28.4. The van der Waals surface area contributed by atoms with Crippen LogP contribution in [0.4, 0.5) is 4.79 Å². The van der Waals surface area contributed by atoms with Gasteiger partial charge in [-0.1, -0.05) is 103 Å². The van der Waals surface area contributed by atoms with Crippen LogP contribution in [0.15, 0.2) is 0 Å². The minimum Gasteiger partial charge on any atom is -0.390 e. The largest absolute Gasteiger partial charge is 0.390 e. The molecule has 1 saturated heterocycles. The summed E-state index contributed by atoms with van der Waals surface area (Å²) < 4.78 is 0. The maximum atomic E-state index is 15.5. The zero-order chi connectivity index (χ0) is 68.8. The Hall–Kier alpha value is -5.47. The van der Waals surface area contributed by atoms with Crippen molar-refractivity contribution in [1.29, 1.82) is 0 Å². The first-order valence-electron chi connectivity index (χ1n) is 32.1. The van der Waals surface area contributed by atoms with Gasteiger partial charge in [0.25, 0.3) is 0 Å². The van der Waals surface area contributed by atoms with Crippen molar-refractivity contribution >= 4 is 66.6 Å². The first kappa shape index (κ1) is 81.5. The second kappa shape index (κ2) is 37.1. The molecule has 1 aliphatic heterocycles. The number of carbonyl (C=O) groups excluding carboxylic acids is 11. The normalized spacial score (nSPS) is 18.2. The topological polar surface area (TPSA) is 300 Å². The van der Waals surface area contributed by atoms with Crippen LogP contribution in [0.3, 0.4) is 0 Å². The number of urea groups is 1. The van der Waals surface area contributed by atoms with Crippen LogP contribution in [0.5, 0.6) is 0 Å². The van der Waals surface area contributed by atoms with Gasteiger partial charge in [-0.2, -0.15) is 5.06 Å². The maximum Gasteiger partial charge on any atom is 0.321 e. The number of hydrogen-bond donors (Lipinski definition) is 6. The Balaban J connectivity index is 4.02. The van der Waals surface area contributed by atoms with E-state index in [0.29, 0.717) is 64.1 Å². The zero-order valence-corrected chi connectivity index (χ0v) is 58.4. The van der Waals surface area contributed by atoms with Gasteiger partial charge in [-0.3, -0.25) is 58.2 Å². The Kier molecular flexibility index (Phi) is 34.0. The number of aliphatic hydroxyl groups excluding tert-OH is 1. The Labute approximate surface area is 532 Å². The molecule has 25 heteroatoms. The summed E-state index contributed by atoms with van der Waals surface area (Å²) >= 11 is 0. The second-order valence-corrected chi connectivity index (χ2v) is 27.4. The SMILES string of the molecule is CCCC(NC(=O)C(C(O)C(C)CCN1CCCCO1)N(C)C(=O)C(C(C)C)N(C)C(=O)C(CC(C)C)N(C)C(C=O)(CC(C)C)N(C)C(=O)NC(C)(C=O)NC(=O)C(CC(C)C)NC)C(=O)N(C)C(C)C(=O)N(C)C(C=O)(CC(C)C)NC(C=O)C(C)C. The van der Waals surface area contributed by atoms with E-state index in [9.17, 15) is 43.5 Å². The summed E-state index contributed by atoms with van der Waals surface area (Å²) in [7, 11) is 10.1. The van der Waals surface area contributed by atoms with E-state index in [4.69, 9.17) is 4.84 Å². The molecular formula is C64H118N12O13. The molecule has 1 aliphatic rings. The third-order valence-electron chi connectivity index (χ3n) is 17.3. The highest BCUT2D eigenvalue weighted by Crippen LogP contribution is 2.32. The van der Waals surface area contributed by atoms with Crippen molar-refractivity contribution in [3.63, 3.8) is 0 Å². The van der Waals surface area contributed by atoms with Crippen molar-refractivity contribution in [2.24, 2.45) is 41.4 Å². The van der Waals surface area contributed by atoms with Crippen molar-refractivity contribution in [2.45, 2.75) is 234 Å². The maximum absolute atomic E-state index is 15.5. The van der Waals surface area contributed by atoms with E-state index in [1.54, 1.807) is 53.7 Å². The van der Waals surface area contributed by atoms with Crippen LogP contribution in [0.2, 0.25) is 0 Å². The molecule has 6 N–H and O–H groups in total. The van der Waals surface area contributed by atoms with Gasteiger partial charge in [-0.25, -0.2) is 4.79 Å². The Morgan fingerprint density at radius 1 is 0.618 bits per heavy atom. The van der Waals surface area contributed by atoms with Gasteiger partial charge in [-0.15, -0.1) is 0 Å². The molecule has 1 heterocycles. The molecule has 0 aromatic heterocycles. The predicted octanol–water partition coefficient (Wildman–Crippen LogP) is 3.65.